The van der Waals surface area contributed by atoms with Crippen molar-refractivity contribution in [3.8, 4) is 5.75 Å². The van der Waals surface area contributed by atoms with Crippen LogP contribution in [0.4, 0.5) is 0 Å². The van der Waals surface area contributed by atoms with E-state index in [1.54, 1.807) is 6.07 Å². The molecule has 2 aromatic heterocycles. The molecule has 2 heterocycles. The van der Waals surface area contributed by atoms with E-state index in [2.05, 4.69) is 9.97 Å². The van der Waals surface area contributed by atoms with Crippen molar-refractivity contribution >= 4 is 22.6 Å². The van der Waals surface area contributed by atoms with Gasteiger partial charge in [-0.25, -0.2) is 4.98 Å². The number of aromatic amines is 1. The Morgan fingerprint density at radius 3 is 3.00 bits per heavy atom. The molecule has 0 amide bonds. The molecule has 0 spiro atoms. The Morgan fingerprint density at radius 2 is 2.31 bits per heavy atom. The molecule has 2 rings (SSSR count). The van der Waals surface area contributed by atoms with Gasteiger partial charge in [0.25, 0.3) is 0 Å². The van der Waals surface area contributed by atoms with Gasteiger partial charge in [-0.1, -0.05) is 11.6 Å². The third-order valence-electron chi connectivity index (χ3n) is 1.78. The minimum atomic E-state index is 0. The molecule has 0 aliphatic carbocycles. The number of aromatic hydroxyl groups is 1. The summed E-state index contributed by atoms with van der Waals surface area (Å²) in [5.74, 6) is 0.135. The summed E-state index contributed by atoms with van der Waals surface area (Å²) >= 11 is 5.72. The summed E-state index contributed by atoms with van der Waals surface area (Å²) in [6.45, 7) is 1.91. The third kappa shape index (κ3) is 2.09. The monoisotopic (exact) mass is 222 g/mol. The molecule has 13 heavy (non-hydrogen) atoms. The SMILES string of the molecule is Cc1cc(Cl)nc2c(O)c[nH]c12.[H-].[K+]. The summed E-state index contributed by atoms with van der Waals surface area (Å²) in [6.07, 6.45) is 1.50. The first-order chi connectivity index (χ1) is 5.68. The Kier molecular flexibility index (Phi) is 3.79. The number of halogens is 1. The first-order valence-electron chi connectivity index (χ1n) is 3.51. The molecule has 0 bridgehead atoms. The molecule has 0 unspecified atom stereocenters. The Bertz CT molecular complexity index is 446. The summed E-state index contributed by atoms with van der Waals surface area (Å²) in [7, 11) is 0. The predicted octanol–water partition coefficient (Wildman–Crippen LogP) is -0.653. The van der Waals surface area contributed by atoms with Crippen molar-refractivity contribution in [1.82, 2.24) is 9.97 Å². The second-order valence-electron chi connectivity index (χ2n) is 2.66. The number of nitrogens with zero attached hydrogens (tertiary/aromatic N) is 1. The van der Waals surface area contributed by atoms with Crippen LogP contribution in [-0.4, -0.2) is 15.1 Å². The van der Waals surface area contributed by atoms with Gasteiger partial charge < -0.3 is 11.5 Å². The smallest absolute Gasteiger partial charge is 1.00 e. The van der Waals surface area contributed by atoms with Gasteiger partial charge in [-0.05, 0) is 18.6 Å². The fourth-order valence-electron chi connectivity index (χ4n) is 1.21. The summed E-state index contributed by atoms with van der Waals surface area (Å²) < 4.78 is 0. The van der Waals surface area contributed by atoms with Crippen LogP contribution in [0.3, 0.4) is 0 Å². The van der Waals surface area contributed by atoms with E-state index in [0.717, 1.165) is 11.1 Å². The van der Waals surface area contributed by atoms with E-state index < -0.39 is 0 Å². The summed E-state index contributed by atoms with van der Waals surface area (Å²) in [4.78, 5) is 6.89. The van der Waals surface area contributed by atoms with Gasteiger partial charge >= 0.3 is 51.4 Å². The maximum absolute atomic E-state index is 9.31. The molecular weight excluding hydrogens is 215 g/mol. The number of hydrogen-bond acceptors (Lipinski definition) is 2. The molecule has 0 atom stereocenters. The number of H-pyrrole nitrogens is 1. The topological polar surface area (TPSA) is 48.9 Å². The van der Waals surface area contributed by atoms with Crippen molar-refractivity contribution in [3.63, 3.8) is 0 Å². The molecule has 0 aliphatic rings. The largest absolute Gasteiger partial charge is 1.00 e. The van der Waals surface area contributed by atoms with E-state index in [1.807, 2.05) is 6.92 Å². The van der Waals surface area contributed by atoms with Crippen LogP contribution in [0.15, 0.2) is 12.3 Å². The summed E-state index contributed by atoms with van der Waals surface area (Å²) in [6, 6.07) is 1.75. The van der Waals surface area contributed by atoms with Crippen LogP contribution in [0, 0.1) is 6.92 Å². The minimum absolute atomic E-state index is 0. The molecule has 0 saturated carbocycles. The summed E-state index contributed by atoms with van der Waals surface area (Å²) in [5, 5.41) is 9.71. The molecule has 64 valence electrons. The first kappa shape index (κ1) is 11.5. The maximum atomic E-state index is 9.31. The summed E-state index contributed by atoms with van der Waals surface area (Å²) in [5.41, 5.74) is 2.34. The molecule has 0 aliphatic heterocycles. The van der Waals surface area contributed by atoms with Crippen LogP contribution in [0.2, 0.25) is 5.15 Å². The normalized spacial score (nSPS) is 10.0. The average Bonchev–Trinajstić information content (AvgIpc) is 2.33. The molecule has 0 aromatic carbocycles. The van der Waals surface area contributed by atoms with Crippen molar-refractivity contribution in [3.05, 3.63) is 23.0 Å². The van der Waals surface area contributed by atoms with Crippen LogP contribution in [-0.2, 0) is 0 Å². The second-order valence-corrected chi connectivity index (χ2v) is 3.05. The van der Waals surface area contributed by atoms with Gasteiger partial charge in [-0.15, -0.1) is 0 Å². The van der Waals surface area contributed by atoms with Gasteiger partial charge in [0, 0.05) is 6.20 Å². The molecular formula is C8H8ClKN2O. The van der Waals surface area contributed by atoms with E-state index in [1.165, 1.54) is 6.20 Å². The first-order valence-corrected chi connectivity index (χ1v) is 3.89. The Morgan fingerprint density at radius 1 is 1.62 bits per heavy atom. The van der Waals surface area contributed by atoms with Crippen LogP contribution in [0.1, 0.15) is 6.99 Å². The number of aromatic nitrogens is 2. The van der Waals surface area contributed by atoms with Gasteiger partial charge in [0.15, 0.2) is 5.75 Å². The molecule has 0 saturated heterocycles. The molecule has 2 N–H and O–H groups in total. The molecule has 5 heteroatoms. The van der Waals surface area contributed by atoms with Gasteiger partial charge in [-0.3, -0.25) is 0 Å². The van der Waals surface area contributed by atoms with Crippen molar-refractivity contribution in [2.75, 3.05) is 0 Å². The Hall–Kier alpha value is 0.416. The maximum Gasteiger partial charge on any atom is 1.00 e. The quantitative estimate of drug-likeness (QED) is 0.460. The Labute approximate surface area is 124 Å². The zero-order valence-electron chi connectivity index (χ0n) is 8.43. The van der Waals surface area contributed by atoms with Crippen LogP contribution >= 0.6 is 11.6 Å². The van der Waals surface area contributed by atoms with Gasteiger partial charge in [0.05, 0.1) is 5.52 Å². The zero-order valence-corrected chi connectivity index (χ0v) is 11.3. The number of rotatable bonds is 0. The third-order valence-corrected chi connectivity index (χ3v) is 1.97. The van der Waals surface area contributed by atoms with Crippen molar-refractivity contribution in [2.24, 2.45) is 0 Å². The number of fused-ring (bicyclic) bond motifs is 1. The van der Waals surface area contributed by atoms with E-state index in [4.69, 9.17) is 11.6 Å². The number of aryl methyl sites for hydroxylation is 1. The van der Waals surface area contributed by atoms with Gasteiger partial charge in [0.1, 0.15) is 10.7 Å². The number of hydrogen-bond donors (Lipinski definition) is 2. The predicted molar refractivity (Wildman–Crippen MR) is 48.6 cm³/mol. The van der Waals surface area contributed by atoms with E-state index >= 15 is 0 Å². The van der Waals surface area contributed by atoms with E-state index in [9.17, 15) is 5.11 Å². The van der Waals surface area contributed by atoms with Crippen LogP contribution in [0.25, 0.3) is 11.0 Å². The molecule has 2 aromatic rings. The van der Waals surface area contributed by atoms with Gasteiger partial charge in [-0.2, -0.15) is 0 Å². The zero-order chi connectivity index (χ0) is 8.72. The van der Waals surface area contributed by atoms with E-state index in [0.29, 0.717) is 10.7 Å². The van der Waals surface area contributed by atoms with E-state index in [-0.39, 0.29) is 58.6 Å². The van der Waals surface area contributed by atoms with Crippen LogP contribution < -0.4 is 51.4 Å². The molecule has 0 radical (unpaired) electrons. The molecule has 3 nitrogen and oxygen atoms in total. The fourth-order valence-corrected chi connectivity index (χ4v) is 1.46. The standard InChI is InChI=1S/C8H7ClN2O.K.H/c1-4-2-6(9)11-8-5(12)3-10-7(4)8;;/h2-3,10,12H,1H3;;/q;+1;-1. The van der Waals surface area contributed by atoms with Crippen molar-refractivity contribution in [2.45, 2.75) is 6.92 Å². The van der Waals surface area contributed by atoms with Gasteiger partial charge in [0.2, 0.25) is 0 Å². The molecule has 0 fully saturated rings. The number of nitrogens with one attached hydrogen (secondary N) is 1. The number of pyridine rings is 1. The average molecular weight is 223 g/mol. The van der Waals surface area contributed by atoms with Crippen LogP contribution in [0.5, 0.6) is 5.75 Å². The van der Waals surface area contributed by atoms with Crippen molar-refractivity contribution < 1.29 is 57.9 Å². The second kappa shape index (κ2) is 4.29. The fraction of sp³-hybridized carbons (Fsp3) is 0.125. The minimum Gasteiger partial charge on any atom is -1.00 e. The Balaban J connectivity index is 0.000000845. The van der Waals surface area contributed by atoms with Crippen molar-refractivity contribution in [1.29, 1.82) is 0 Å².